The van der Waals surface area contributed by atoms with E-state index in [1.54, 1.807) is 0 Å². The Bertz CT molecular complexity index is 961. The topological polar surface area (TPSA) is 72.4 Å². The number of guanidine groups is 1. The molecular weight excluding hydrogens is 381 g/mol. The van der Waals surface area contributed by atoms with E-state index in [-0.39, 0.29) is 5.82 Å². The van der Waals surface area contributed by atoms with Crippen molar-refractivity contribution in [2.24, 2.45) is 4.99 Å². The van der Waals surface area contributed by atoms with E-state index in [1.807, 2.05) is 24.3 Å². The smallest absolute Gasteiger partial charge is 0.194 e. The molecule has 8 heteroatoms. The van der Waals surface area contributed by atoms with Crippen molar-refractivity contribution in [1.82, 2.24) is 25.4 Å². The van der Waals surface area contributed by atoms with Crippen molar-refractivity contribution in [3.63, 3.8) is 0 Å². The molecule has 4 rings (SSSR count). The zero-order valence-corrected chi connectivity index (χ0v) is 17.1. The lowest BCUT2D eigenvalue weighted by Gasteiger charge is -2.37. The Labute approximate surface area is 175 Å². The fourth-order valence-corrected chi connectivity index (χ4v) is 3.58. The molecule has 1 aliphatic heterocycles. The number of anilines is 1. The summed E-state index contributed by atoms with van der Waals surface area (Å²) in [4.78, 5) is 13.6. The Morgan fingerprint density at radius 2 is 1.93 bits per heavy atom. The summed E-state index contributed by atoms with van der Waals surface area (Å²) in [7, 11) is 0. The number of halogens is 1. The summed E-state index contributed by atoms with van der Waals surface area (Å²) < 4.78 is 13.2. The van der Waals surface area contributed by atoms with Crippen molar-refractivity contribution in [3.05, 3.63) is 66.2 Å². The van der Waals surface area contributed by atoms with Gasteiger partial charge < -0.3 is 15.1 Å². The number of nitrogens with zero attached hydrogens (tertiary/aromatic N) is 5. The van der Waals surface area contributed by atoms with Crippen LogP contribution in [0.15, 0.2) is 59.9 Å². The predicted octanol–water partition coefficient (Wildman–Crippen LogP) is 2.90. The van der Waals surface area contributed by atoms with Crippen molar-refractivity contribution in [2.45, 2.75) is 13.5 Å². The van der Waals surface area contributed by atoms with E-state index >= 15 is 0 Å². The highest BCUT2D eigenvalue weighted by Gasteiger charge is 2.19. The molecule has 3 aromatic rings. The van der Waals surface area contributed by atoms with Gasteiger partial charge in [-0.1, -0.05) is 18.2 Å². The minimum Gasteiger partial charge on any atom is -0.368 e. The first kappa shape index (κ1) is 19.9. The quantitative estimate of drug-likeness (QED) is 0.503. The zero-order chi connectivity index (χ0) is 20.8. The number of aromatic nitrogens is 3. The van der Waals surface area contributed by atoms with Gasteiger partial charge in [-0.2, -0.15) is 5.10 Å². The summed E-state index contributed by atoms with van der Waals surface area (Å²) >= 11 is 0. The first-order valence-electron chi connectivity index (χ1n) is 10.2. The highest BCUT2D eigenvalue weighted by Crippen LogP contribution is 2.18. The maximum Gasteiger partial charge on any atom is 0.194 e. The Kier molecular flexibility index (Phi) is 6.22. The molecule has 0 aliphatic carbocycles. The third kappa shape index (κ3) is 4.76. The van der Waals surface area contributed by atoms with Crippen LogP contribution in [0.2, 0.25) is 0 Å². The van der Waals surface area contributed by atoms with Gasteiger partial charge in [-0.15, -0.1) is 0 Å². The number of aliphatic imine (C=N–C) groups is 1. The van der Waals surface area contributed by atoms with Gasteiger partial charge in [-0.25, -0.2) is 14.4 Å². The van der Waals surface area contributed by atoms with Crippen LogP contribution in [-0.2, 0) is 6.54 Å². The van der Waals surface area contributed by atoms with E-state index < -0.39 is 0 Å². The highest BCUT2D eigenvalue weighted by atomic mass is 19.1. The molecule has 1 fully saturated rings. The summed E-state index contributed by atoms with van der Waals surface area (Å²) in [5.74, 6) is 1.47. The Morgan fingerprint density at radius 3 is 2.63 bits per heavy atom. The molecule has 0 saturated carbocycles. The van der Waals surface area contributed by atoms with Crippen molar-refractivity contribution in [3.8, 4) is 11.4 Å². The van der Waals surface area contributed by atoms with Crippen molar-refractivity contribution in [1.29, 1.82) is 0 Å². The second-order valence-electron chi connectivity index (χ2n) is 7.16. The largest absolute Gasteiger partial charge is 0.368 e. The van der Waals surface area contributed by atoms with Gasteiger partial charge in [0.2, 0.25) is 0 Å². The Hall–Kier alpha value is -3.42. The zero-order valence-electron chi connectivity index (χ0n) is 17.1. The molecule has 156 valence electrons. The van der Waals surface area contributed by atoms with E-state index in [9.17, 15) is 4.39 Å². The van der Waals surface area contributed by atoms with Gasteiger partial charge in [-0.05, 0) is 42.8 Å². The van der Waals surface area contributed by atoms with Gasteiger partial charge in [0.25, 0.3) is 0 Å². The van der Waals surface area contributed by atoms with Crippen LogP contribution in [0, 0.1) is 5.82 Å². The van der Waals surface area contributed by atoms with Gasteiger partial charge in [0.1, 0.15) is 12.1 Å². The van der Waals surface area contributed by atoms with E-state index in [0.717, 1.165) is 61.3 Å². The van der Waals surface area contributed by atoms with Gasteiger partial charge in [0, 0.05) is 44.0 Å². The van der Waals surface area contributed by atoms with Crippen LogP contribution >= 0.6 is 0 Å². The predicted molar refractivity (Wildman–Crippen MR) is 117 cm³/mol. The molecule has 2 heterocycles. The van der Waals surface area contributed by atoms with Gasteiger partial charge in [0.15, 0.2) is 11.8 Å². The first-order valence-corrected chi connectivity index (χ1v) is 10.2. The third-order valence-corrected chi connectivity index (χ3v) is 5.13. The standard InChI is InChI=1S/C22H26FN7/c1-2-24-22(25-15-17-4-3-5-18(14-17)21-26-16-27-28-21)30-12-10-29(11-13-30)20-8-6-19(23)7-9-20/h3-9,14,16H,2,10-13,15H2,1H3,(H,24,25)(H,26,27,28). The van der Waals surface area contributed by atoms with E-state index in [1.165, 1.54) is 18.5 Å². The molecule has 0 unspecified atom stereocenters. The number of aromatic amines is 1. The average molecular weight is 407 g/mol. The summed E-state index contributed by atoms with van der Waals surface area (Å²) in [5, 5.41) is 10.2. The number of hydrogen-bond acceptors (Lipinski definition) is 4. The normalized spacial score (nSPS) is 14.8. The number of rotatable bonds is 5. The van der Waals surface area contributed by atoms with Crippen LogP contribution in [0.1, 0.15) is 12.5 Å². The van der Waals surface area contributed by atoms with Crippen molar-refractivity contribution < 1.29 is 4.39 Å². The lowest BCUT2D eigenvalue weighted by molar-refractivity contribution is 0.372. The molecule has 1 aliphatic rings. The second-order valence-corrected chi connectivity index (χ2v) is 7.16. The van der Waals surface area contributed by atoms with E-state index in [4.69, 9.17) is 4.99 Å². The molecule has 1 aromatic heterocycles. The molecule has 0 amide bonds. The van der Waals surface area contributed by atoms with Crippen molar-refractivity contribution in [2.75, 3.05) is 37.6 Å². The maximum absolute atomic E-state index is 13.2. The molecule has 0 atom stereocenters. The van der Waals surface area contributed by atoms with Crippen LogP contribution in [0.25, 0.3) is 11.4 Å². The molecule has 0 spiro atoms. The van der Waals surface area contributed by atoms with Crippen LogP contribution in [-0.4, -0.2) is 58.8 Å². The second kappa shape index (κ2) is 9.39. The first-order chi connectivity index (χ1) is 14.7. The average Bonchev–Trinajstić information content (AvgIpc) is 3.33. The van der Waals surface area contributed by atoms with Crippen molar-refractivity contribution >= 4 is 11.6 Å². The molecular formula is C22H26FN7. The summed E-state index contributed by atoms with van der Waals surface area (Å²) in [6.07, 6.45) is 1.51. The summed E-state index contributed by atoms with van der Waals surface area (Å²) in [6.45, 7) is 6.95. The minimum absolute atomic E-state index is 0.202. The fraction of sp³-hybridized carbons (Fsp3) is 0.318. The third-order valence-electron chi connectivity index (χ3n) is 5.13. The lowest BCUT2D eigenvalue weighted by Crippen LogP contribution is -2.52. The van der Waals surface area contributed by atoms with Crippen LogP contribution < -0.4 is 10.2 Å². The summed E-state index contributed by atoms with van der Waals surface area (Å²) in [6, 6.07) is 14.9. The Morgan fingerprint density at radius 1 is 1.13 bits per heavy atom. The number of nitrogens with one attached hydrogen (secondary N) is 2. The molecule has 2 aromatic carbocycles. The monoisotopic (exact) mass is 407 g/mol. The molecule has 0 bridgehead atoms. The van der Waals surface area contributed by atoms with E-state index in [0.29, 0.717) is 6.54 Å². The van der Waals surface area contributed by atoms with Crippen LogP contribution in [0.4, 0.5) is 10.1 Å². The lowest BCUT2D eigenvalue weighted by atomic mass is 10.1. The Balaban J connectivity index is 1.41. The van der Waals surface area contributed by atoms with Crippen LogP contribution in [0.5, 0.6) is 0 Å². The molecule has 7 nitrogen and oxygen atoms in total. The van der Waals surface area contributed by atoms with Crippen LogP contribution in [0.3, 0.4) is 0 Å². The number of benzene rings is 2. The van der Waals surface area contributed by atoms with Gasteiger partial charge in [0.05, 0.1) is 6.54 Å². The summed E-state index contributed by atoms with van der Waals surface area (Å²) in [5.41, 5.74) is 3.17. The number of piperazine rings is 1. The molecule has 1 saturated heterocycles. The molecule has 2 N–H and O–H groups in total. The fourth-order valence-electron chi connectivity index (χ4n) is 3.58. The number of H-pyrrole nitrogens is 1. The molecule has 30 heavy (non-hydrogen) atoms. The van der Waals surface area contributed by atoms with Gasteiger partial charge in [-0.3, -0.25) is 5.10 Å². The number of hydrogen-bond donors (Lipinski definition) is 2. The van der Waals surface area contributed by atoms with Gasteiger partial charge >= 0.3 is 0 Å². The maximum atomic E-state index is 13.2. The molecule has 0 radical (unpaired) electrons. The highest BCUT2D eigenvalue weighted by molar-refractivity contribution is 5.80. The van der Waals surface area contributed by atoms with E-state index in [2.05, 4.69) is 49.4 Å². The minimum atomic E-state index is -0.202. The SMILES string of the molecule is CCNC(=NCc1cccc(-c2ncn[nH]2)c1)N1CCN(c2ccc(F)cc2)CC1.